The van der Waals surface area contributed by atoms with Crippen molar-refractivity contribution in [3.8, 4) is 0 Å². The van der Waals surface area contributed by atoms with Gasteiger partial charge in [-0.1, -0.05) is 18.2 Å². The van der Waals surface area contributed by atoms with E-state index in [-0.39, 0.29) is 11.7 Å². The lowest BCUT2D eigenvalue weighted by Crippen LogP contribution is -2.33. The zero-order chi connectivity index (χ0) is 25.8. The number of nitrogens with two attached hydrogens (primary N) is 1. The minimum atomic E-state index is -0.128. The first-order chi connectivity index (χ1) is 18.0. The number of carbonyl (C=O) groups excluding carboxylic acids is 1. The number of anilines is 2. The summed E-state index contributed by atoms with van der Waals surface area (Å²) in [5, 5.41) is 24.8. The van der Waals surface area contributed by atoms with Crippen molar-refractivity contribution in [3.63, 3.8) is 0 Å². The number of hydrogen-bond donors (Lipinski definition) is 4. The highest BCUT2D eigenvalue weighted by molar-refractivity contribution is 6.07. The highest BCUT2D eigenvalue weighted by Crippen LogP contribution is 2.22. The molecule has 2 aromatic heterocycles. The van der Waals surface area contributed by atoms with Crippen LogP contribution in [-0.4, -0.2) is 48.5 Å². The van der Waals surface area contributed by atoms with Crippen LogP contribution in [0.15, 0.2) is 72.8 Å². The van der Waals surface area contributed by atoms with Crippen LogP contribution in [0.4, 0.5) is 11.4 Å². The topological polar surface area (TPSA) is 154 Å². The Labute approximate surface area is 212 Å². The summed E-state index contributed by atoms with van der Waals surface area (Å²) in [6.07, 6.45) is 0.489. The largest absolute Gasteiger partial charge is 0.384 e. The number of nitrogens with one attached hydrogen (secondary N) is 3. The summed E-state index contributed by atoms with van der Waals surface area (Å²) in [4.78, 5) is 20.1. The van der Waals surface area contributed by atoms with Crippen molar-refractivity contribution in [2.24, 2.45) is 12.8 Å². The fraction of sp³-hybridized carbons (Fsp3) is 0.154. The Kier molecular flexibility index (Phi) is 6.58. The number of aromatic amines is 1. The number of amides is 1. The molecule has 1 amide bonds. The highest BCUT2D eigenvalue weighted by Gasteiger charge is 2.20. The third-order valence-electron chi connectivity index (χ3n) is 6.14. The molecule has 0 saturated carbocycles. The molecule has 0 bridgehead atoms. The summed E-state index contributed by atoms with van der Waals surface area (Å²) in [6, 6.07) is 22.5. The van der Waals surface area contributed by atoms with Crippen LogP contribution in [0.25, 0.3) is 11.0 Å². The van der Waals surface area contributed by atoms with Gasteiger partial charge < -0.3 is 20.5 Å². The molecule has 0 aliphatic heterocycles. The lowest BCUT2D eigenvalue weighted by Gasteiger charge is -2.22. The Balaban J connectivity index is 1.36. The van der Waals surface area contributed by atoms with Crippen molar-refractivity contribution < 1.29 is 4.79 Å². The Morgan fingerprint density at radius 1 is 1.08 bits per heavy atom. The van der Waals surface area contributed by atoms with Gasteiger partial charge in [-0.2, -0.15) is 0 Å². The maximum Gasteiger partial charge on any atom is 0.258 e. The van der Waals surface area contributed by atoms with E-state index in [2.05, 4.69) is 25.9 Å². The van der Waals surface area contributed by atoms with E-state index in [9.17, 15) is 4.79 Å². The number of aromatic nitrogens is 6. The third kappa shape index (κ3) is 5.15. The first-order valence-corrected chi connectivity index (χ1v) is 11.7. The van der Waals surface area contributed by atoms with Gasteiger partial charge in [0.15, 0.2) is 0 Å². The highest BCUT2D eigenvalue weighted by atomic mass is 16.2. The predicted molar refractivity (Wildman–Crippen MR) is 141 cm³/mol. The number of hydrogen-bond acceptors (Lipinski definition) is 7. The van der Waals surface area contributed by atoms with Crippen molar-refractivity contribution in [1.29, 1.82) is 5.41 Å². The van der Waals surface area contributed by atoms with Gasteiger partial charge in [-0.05, 0) is 65.0 Å². The second-order valence-corrected chi connectivity index (χ2v) is 8.53. The summed E-state index contributed by atoms with van der Waals surface area (Å²) >= 11 is 0. The van der Waals surface area contributed by atoms with Crippen LogP contribution in [0.5, 0.6) is 0 Å². The van der Waals surface area contributed by atoms with E-state index in [1.807, 2.05) is 72.3 Å². The molecule has 5 aromatic rings. The Morgan fingerprint density at radius 3 is 2.54 bits per heavy atom. The lowest BCUT2D eigenvalue weighted by atomic mass is 10.1. The average Bonchev–Trinajstić information content (AvgIpc) is 3.56. The van der Waals surface area contributed by atoms with E-state index in [0.29, 0.717) is 36.5 Å². The summed E-state index contributed by atoms with van der Waals surface area (Å²) in [5.41, 5.74) is 10.1. The maximum absolute atomic E-state index is 13.6. The van der Waals surface area contributed by atoms with Gasteiger partial charge >= 0.3 is 0 Å². The molecule has 0 saturated heterocycles. The number of tetrazole rings is 1. The van der Waals surface area contributed by atoms with Crippen molar-refractivity contribution in [1.82, 2.24) is 30.2 Å². The SMILES string of the molecule is Cn1c(CNc2ccc(C(=N)N)cc2)nc2cc(C(=O)N(CCc3nnn[nH]3)c3ccccc3)ccc21. The van der Waals surface area contributed by atoms with Crippen molar-refractivity contribution in [3.05, 3.63) is 95.6 Å². The molecule has 0 aliphatic carbocycles. The van der Waals surface area contributed by atoms with Gasteiger partial charge in [0.05, 0.1) is 17.6 Å². The Morgan fingerprint density at radius 2 is 1.84 bits per heavy atom. The summed E-state index contributed by atoms with van der Waals surface area (Å²) in [7, 11) is 1.95. The van der Waals surface area contributed by atoms with Gasteiger partial charge in [0.2, 0.25) is 0 Å². The van der Waals surface area contributed by atoms with Gasteiger partial charge in [0, 0.05) is 42.5 Å². The number of carbonyl (C=O) groups is 1. The lowest BCUT2D eigenvalue weighted by molar-refractivity contribution is 0.0987. The first kappa shape index (κ1) is 23.7. The van der Waals surface area contributed by atoms with Gasteiger partial charge in [0.25, 0.3) is 5.91 Å². The molecule has 2 heterocycles. The minimum absolute atomic E-state index is 0.0352. The van der Waals surface area contributed by atoms with Crippen LogP contribution in [0.2, 0.25) is 0 Å². The van der Waals surface area contributed by atoms with Crippen LogP contribution >= 0.6 is 0 Å². The van der Waals surface area contributed by atoms with E-state index in [1.54, 1.807) is 17.0 Å². The molecule has 186 valence electrons. The standard InChI is InChI=1S/C26H26N10O/c1-35-22-12-9-18(15-21(22)30-24(35)16-29-19-10-7-17(8-11-19)25(27)28)26(37)36(20-5-3-2-4-6-20)14-13-23-31-33-34-32-23/h2-12,15,29H,13-14,16H2,1H3,(H3,27,28)(H,31,32,33,34). The quantitative estimate of drug-likeness (QED) is 0.181. The molecule has 0 spiro atoms. The van der Waals surface area contributed by atoms with Crippen molar-refractivity contribution >= 4 is 34.2 Å². The summed E-state index contributed by atoms with van der Waals surface area (Å²) in [5.74, 6) is 1.35. The number of fused-ring (bicyclic) bond motifs is 1. The number of benzene rings is 3. The second-order valence-electron chi connectivity index (χ2n) is 8.53. The molecule has 0 radical (unpaired) electrons. The van der Waals surface area contributed by atoms with Gasteiger partial charge in [-0.25, -0.2) is 10.1 Å². The van der Waals surface area contributed by atoms with Crippen LogP contribution in [-0.2, 0) is 20.0 Å². The smallest absolute Gasteiger partial charge is 0.258 e. The summed E-state index contributed by atoms with van der Waals surface area (Å²) < 4.78 is 2.01. The zero-order valence-corrected chi connectivity index (χ0v) is 20.2. The van der Waals surface area contributed by atoms with Crippen molar-refractivity contribution in [2.45, 2.75) is 13.0 Å². The first-order valence-electron chi connectivity index (χ1n) is 11.7. The number of amidine groups is 1. The summed E-state index contributed by atoms with van der Waals surface area (Å²) in [6.45, 7) is 0.910. The predicted octanol–water partition coefficient (Wildman–Crippen LogP) is 2.87. The molecular formula is C26H26N10O. The van der Waals surface area contributed by atoms with E-state index in [4.69, 9.17) is 16.1 Å². The molecule has 11 heteroatoms. The number of nitrogens with zero attached hydrogens (tertiary/aromatic N) is 6. The number of H-pyrrole nitrogens is 1. The Bertz CT molecular complexity index is 1530. The molecular weight excluding hydrogens is 468 g/mol. The molecule has 0 aliphatic rings. The van der Waals surface area contributed by atoms with Crippen LogP contribution < -0.4 is 16.0 Å². The van der Waals surface area contributed by atoms with Crippen LogP contribution in [0.3, 0.4) is 0 Å². The van der Waals surface area contributed by atoms with Crippen LogP contribution in [0.1, 0.15) is 27.6 Å². The molecule has 5 N–H and O–H groups in total. The van der Waals surface area contributed by atoms with Crippen molar-refractivity contribution in [2.75, 3.05) is 16.8 Å². The van der Waals surface area contributed by atoms with Gasteiger partial charge in [0.1, 0.15) is 17.5 Å². The molecule has 0 atom stereocenters. The number of nitrogen functional groups attached to an aromatic ring is 1. The zero-order valence-electron chi connectivity index (χ0n) is 20.2. The number of para-hydroxylation sites is 1. The van der Waals surface area contributed by atoms with E-state index in [1.165, 1.54) is 0 Å². The third-order valence-corrected chi connectivity index (χ3v) is 6.14. The normalized spacial score (nSPS) is 10.9. The maximum atomic E-state index is 13.6. The molecule has 37 heavy (non-hydrogen) atoms. The fourth-order valence-electron chi connectivity index (χ4n) is 4.10. The van der Waals surface area contributed by atoms with E-state index < -0.39 is 0 Å². The fourth-order valence-corrected chi connectivity index (χ4v) is 4.10. The van der Waals surface area contributed by atoms with E-state index >= 15 is 0 Å². The minimum Gasteiger partial charge on any atom is -0.384 e. The Hall–Kier alpha value is -5.06. The molecule has 3 aromatic carbocycles. The average molecular weight is 495 g/mol. The van der Waals surface area contributed by atoms with Crippen LogP contribution in [0, 0.1) is 5.41 Å². The molecule has 11 nitrogen and oxygen atoms in total. The molecule has 0 fully saturated rings. The number of rotatable bonds is 9. The second kappa shape index (κ2) is 10.3. The molecule has 5 rings (SSSR count). The van der Waals surface area contributed by atoms with Gasteiger partial charge in [-0.15, -0.1) is 5.10 Å². The van der Waals surface area contributed by atoms with Gasteiger partial charge in [-0.3, -0.25) is 10.2 Å². The molecule has 0 unspecified atom stereocenters. The number of imidazole rings is 1. The van der Waals surface area contributed by atoms with E-state index in [0.717, 1.165) is 28.2 Å². The monoisotopic (exact) mass is 494 g/mol. The number of aryl methyl sites for hydroxylation is 1.